The van der Waals surface area contributed by atoms with Crippen molar-refractivity contribution in [3.63, 3.8) is 0 Å². The van der Waals surface area contributed by atoms with Crippen LogP contribution in [0.3, 0.4) is 0 Å². The van der Waals surface area contributed by atoms with Crippen LogP contribution in [0.1, 0.15) is 12.8 Å². The Balaban J connectivity index is 0.000000181. The first-order valence-corrected chi connectivity index (χ1v) is 8.02. The smallest absolute Gasteiger partial charge is 0.326 e. The highest BCUT2D eigenvalue weighted by molar-refractivity contribution is 5.91. The number of fused-ring (bicyclic) bond motifs is 1. The molecule has 2 aromatic rings. The minimum atomic E-state index is -0.936. The second-order valence-corrected chi connectivity index (χ2v) is 5.73. The fourth-order valence-corrected chi connectivity index (χ4v) is 2.91. The van der Waals surface area contributed by atoms with Gasteiger partial charge in [-0.3, -0.25) is 4.79 Å². The zero-order chi connectivity index (χ0) is 18.4. The third kappa shape index (κ3) is 4.39. The average molecular weight is 345 g/mol. The predicted molar refractivity (Wildman–Crippen MR) is 96.3 cm³/mol. The lowest BCUT2D eigenvalue weighted by atomic mass is 10.1. The van der Waals surface area contributed by atoms with Crippen LogP contribution in [-0.4, -0.2) is 48.1 Å². The molecule has 1 saturated heterocycles. The Morgan fingerprint density at radius 1 is 1.32 bits per heavy atom. The number of benzene rings is 2. The molecule has 0 bridgehead atoms. The number of carboxylic acid groups (broad SMARTS) is 1. The SMILES string of the molecule is COc1cc(N)cc2ccccc12.NCC(=O)N1CCC[C@H]1C(=O)O. The van der Waals surface area contributed by atoms with Gasteiger partial charge in [-0.25, -0.2) is 4.79 Å². The quantitative estimate of drug-likeness (QED) is 0.725. The zero-order valence-electron chi connectivity index (χ0n) is 14.1. The normalized spacial score (nSPS) is 16.2. The Hall–Kier alpha value is -2.80. The molecule has 5 N–H and O–H groups in total. The maximum Gasteiger partial charge on any atom is 0.326 e. The number of rotatable bonds is 3. The number of hydrogen-bond acceptors (Lipinski definition) is 5. The molecular formula is C18H23N3O4. The molecular weight excluding hydrogens is 322 g/mol. The van der Waals surface area contributed by atoms with Crippen molar-refractivity contribution in [3.05, 3.63) is 36.4 Å². The van der Waals surface area contributed by atoms with Gasteiger partial charge in [0.2, 0.25) is 5.91 Å². The van der Waals surface area contributed by atoms with E-state index >= 15 is 0 Å². The van der Waals surface area contributed by atoms with Gasteiger partial charge in [-0.1, -0.05) is 24.3 Å². The number of anilines is 1. The first-order chi connectivity index (χ1) is 12.0. The molecule has 0 radical (unpaired) electrons. The fraction of sp³-hybridized carbons (Fsp3) is 0.333. The second kappa shape index (κ2) is 8.34. The molecule has 2 aromatic carbocycles. The van der Waals surface area contributed by atoms with E-state index in [9.17, 15) is 9.59 Å². The molecule has 25 heavy (non-hydrogen) atoms. The molecule has 0 unspecified atom stereocenters. The summed E-state index contributed by atoms with van der Waals surface area (Å²) in [6.45, 7) is 0.413. The summed E-state index contributed by atoms with van der Waals surface area (Å²) in [6, 6.07) is 11.1. The van der Waals surface area contributed by atoms with Crippen LogP contribution in [0, 0.1) is 0 Å². The van der Waals surface area contributed by atoms with Crippen LogP contribution in [0.5, 0.6) is 5.75 Å². The van der Waals surface area contributed by atoms with Crippen LogP contribution in [-0.2, 0) is 9.59 Å². The molecule has 1 aliphatic heterocycles. The monoisotopic (exact) mass is 345 g/mol. The lowest BCUT2D eigenvalue weighted by molar-refractivity contribution is -0.147. The standard InChI is InChI=1S/C11H11NO.C7H12N2O3/c1-13-11-7-9(12)6-8-4-2-3-5-10(8)11;8-4-6(10)9-3-1-2-5(9)7(11)12/h2-7H,12H2,1H3;5H,1-4,8H2,(H,11,12)/t;5-/m.0/s1. The number of methoxy groups -OCH3 is 1. The van der Waals surface area contributed by atoms with E-state index in [0.717, 1.165) is 28.6 Å². The van der Waals surface area contributed by atoms with Crippen molar-refractivity contribution in [2.45, 2.75) is 18.9 Å². The van der Waals surface area contributed by atoms with Gasteiger partial charge >= 0.3 is 5.97 Å². The highest BCUT2D eigenvalue weighted by Crippen LogP contribution is 2.28. The first kappa shape index (κ1) is 18.5. The first-order valence-electron chi connectivity index (χ1n) is 8.02. The minimum absolute atomic E-state index is 0.107. The maximum absolute atomic E-state index is 11.1. The Morgan fingerprint density at radius 2 is 2.04 bits per heavy atom. The molecule has 0 aliphatic carbocycles. The molecule has 0 spiro atoms. The number of ether oxygens (including phenoxy) is 1. The van der Waals surface area contributed by atoms with Gasteiger partial charge in [0, 0.05) is 23.7 Å². The summed E-state index contributed by atoms with van der Waals surface area (Å²) in [4.78, 5) is 23.0. The molecule has 1 amide bonds. The Labute approximate surface area is 146 Å². The van der Waals surface area contributed by atoms with Gasteiger partial charge in [0.05, 0.1) is 13.7 Å². The van der Waals surface area contributed by atoms with Gasteiger partial charge in [-0.05, 0) is 24.3 Å². The number of nitrogens with two attached hydrogens (primary N) is 2. The molecule has 0 aromatic heterocycles. The lowest BCUT2D eigenvalue weighted by Crippen LogP contribution is -2.43. The van der Waals surface area contributed by atoms with Crippen molar-refractivity contribution in [3.8, 4) is 5.75 Å². The number of hydrogen-bond donors (Lipinski definition) is 3. The summed E-state index contributed by atoms with van der Waals surface area (Å²) in [6.07, 6.45) is 1.30. The molecule has 1 fully saturated rings. The summed E-state index contributed by atoms with van der Waals surface area (Å²) < 4.78 is 5.23. The van der Waals surface area contributed by atoms with Gasteiger partial charge in [0.1, 0.15) is 11.8 Å². The number of nitrogen functional groups attached to an aromatic ring is 1. The molecule has 0 saturated carbocycles. The molecule has 7 heteroatoms. The highest BCUT2D eigenvalue weighted by atomic mass is 16.5. The van der Waals surface area contributed by atoms with E-state index in [1.54, 1.807) is 7.11 Å². The Kier molecular flexibility index (Phi) is 6.19. The molecule has 134 valence electrons. The van der Waals surface area contributed by atoms with Gasteiger partial charge in [0.25, 0.3) is 0 Å². The summed E-state index contributed by atoms with van der Waals surface area (Å²) in [7, 11) is 1.65. The molecule has 7 nitrogen and oxygen atoms in total. The van der Waals surface area contributed by atoms with Gasteiger partial charge < -0.3 is 26.2 Å². The van der Waals surface area contributed by atoms with Crippen molar-refractivity contribution in [2.75, 3.05) is 25.9 Å². The summed E-state index contributed by atoms with van der Waals surface area (Å²) >= 11 is 0. The van der Waals surface area contributed by atoms with E-state index in [-0.39, 0.29) is 12.5 Å². The van der Waals surface area contributed by atoms with Crippen LogP contribution >= 0.6 is 0 Å². The van der Waals surface area contributed by atoms with Crippen molar-refractivity contribution in [1.29, 1.82) is 0 Å². The predicted octanol–water partition coefficient (Wildman–Crippen LogP) is 1.45. The van der Waals surface area contributed by atoms with Crippen LogP contribution in [0.15, 0.2) is 36.4 Å². The molecule has 3 rings (SSSR count). The minimum Gasteiger partial charge on any atom is -0.496 e. The summed E-state index contributed by atoms with van der Waals surface area (Å²) in [5.74, 6) is -0.384. The molecule has 1 atom stereocenters. The molecule has 1 heterocycles. The van der Waals surface area contributed by atoms with Crippen molar-refractivity contribution in [1.82, 2.24) is 4.90 Å². The van der Waals surface area contributed by atoms with Crippen LogP contribution in [0.4, 0.5) is 5.69 Å². The zero-order valence-corrected chi connectivity index (χ0v) is 14.1. The maximum atomic E-state index is 11.1. The van der Waals surface area contributed by atoms with E-state index in [2.05, 4.69) is 0 Å². The largest absolute Gasteiger partial charge is 0.496 e. The van der Waals surface area contributed by atoms with E-state index in [1.807, 2.05) is 36.4 Å². The Bertz CT molecular complexity index is 763. The van der Waals surface area contributed by atoms with Crippen LogP contribution < -0.4 is 16.2 Å². The number of likely N-dealkylation sites (tertiary alicyclic amines) is 1. The lowest BCUT2D eigenvalue weighted by Gasteiger charge is -2.20. The molecule has 1 aliphatic rings. The third-order valence-corrected chi connectivity index (χ3v) is 4.10. The number of amides is 1. The van der Waals surface area contributed by atoms with Crippen LogP contribution in [0.2, 0.25) is 0 Å². The van der Waals surface area contributed by atoms with Crippen molar-refractivity contribution < 1.29 is 19.4 Å². The highest BCUT2D eigenvalue weighted by Gasteiger charge is 2.32. The van der Waals surface area contributed by atoms with E-state index in [4.69, 9.17) is 21.3 Å². The fourth-order valence-electron chi connectivity index (χ4n) is 2.91. The second-order valence-electron chi connectivity index (χ2n) is 5.73. The number of carbonyl (C=O) groups excluding carboxylic acids is 1. The summed E-state index contributed by atoms with van der Waals surface area (Å²) in [5.41, 5.74) is 11.6. The number of nitrogens with zero attached hydrogens (tertiary/aromatic N) is 1. The third-order valence-electron chi connectivity index (χ3n) is 4.10. The van der Waals surface area contributed by atoms with Crippen molar-refractivity contribution >= 4 is 28.3 Å². The Morgan fingerprint density at radius 3 is 2.68 bits per heavy atom. The summed E-state index contributed by atoms with van der Waals surface area (Å²) in [5, 5.41) is 10.9. The van der Waals surface area contributed by atoms with E-state index in [1.165, 1.54) is 4.90 Å². The van der Waals surface area contributed by atoms with Gasteiger partial charge in [-0.15, -0.1) is 0 Å². The average Bonchev–Trinajstić information content (AvgIpc) is 3.11. The number of carbonyl (C=O) groups is 2. The van der Waals surface area contributed by atoms with Gasteiger partial charge in [-0.2, -0.15) is 0 Å². The van der Waals surface area contributed by atoms with E-state index in [0.29, 0.717) is 13.0 Å². The van der Waals surface area contributed by atoms with Gasteiger partial charge in [0.15, 0.2) is 0 Å². The van der Waals surface area contributed by atoms with Crippen LogP contribution in [0.25, 0.3) is 10.8 Å². The number of aliphatic carboxylic acids is 1. The number of carboxylic acids is 1. The van der Waals surface area contributed by atoms with E-state index < -0.39 is 12.0 Å². The van der Waals surface area contributed by atoms with Crippen molar-refractivity contribution in [2.24, 2.45) is 5.73 Å². The topological polar surface area (TPSA) is 119 Å².